The molecule has 134 valence electrons. The minimum Gasteiger partial charge on any atom is -0.322 e. The van der Waals surface area contributed by atoms with Crippen LogP contribution in [-0.4, -0.2) is 16.8 Å². The first-order valence-corrected chi connectivity index (χ1v) is 9.50. The van der Waals surface area contributed by atoms with Gasteiger partial charge in [-0.1, -0.05) is 41.5 Å². The van der Waals surface area contributed by atoms with Crippen LogP contribution in [-0.2, 0) is 4.79 Å². The van der Waals surface area contributed by atoms with E-state index in [2.05, 4.69) is 15.6 Å². The summed E-state index contributed by atoms with van der Waals surface area (Å²) < 4.78 is 0.854. The number of nitrogens with one attached hydrogen (secondary N) is 2. The van der Waals surface area contributed by atoms with Gasteiger partial charge in [-0.05, 0) is 42.8 Å². The molecule has 2 amide bonds. The van der Waals surface area contributed by atoms with Gasteiger partial charge in [0.15, 0.2) is 5.13 Å². The van der Waals surface area contributed by atoms with Crippen molar-refractivity contribution in [3.63, 3.8) is 0 Å². The second kappa shape index (κ2) is 8.03. The van der Waals surface area contributed by atoms with Crippen molar-refractivity contribution in [2.24, 2.45) is 0 Å². The number of carbonyl (C=O) groups is 2. The summed E-state index contributed by atoms with van der Waals surface area (Å²) in [7, 11) is 0. The van der Waals surface area contributed by atoms with Crippen LogP contribution in [0.25, 0.3) is 10.2 Å². The first-order valence-electron chi connectivity index (χ1n) is 7.93. The van der Waals surface area contributed by atoms with E-state index in [0.717, 1.165) is 16.6 Å². The number of fused-ring (bicyclic) bond motifs is 1. The molecule has 2 aromatic carbocycles. The van der Waals surface area contributed by atoms with Crippen LogP contribution in [0, 0.1) is 0 Å². The van der Waals surface area contributed by atoms with Crippen molar-refractivity contribution in [2.45, 2.75) is 19.8 Å². The van der Waals surface area contributed by atoms with Crippen LogP contribution in [0.15, 0.2) is 36.4 Å². The van der Waals surface area contributed by atoms with Crippen molar-refractivity contribution >= 4 is 67.4 Å². The van der Waals surface area contributed by atoms with Crippen LogP contribution in [0.3, 0.4) is 0 Å². The fourth-order valence-corrected chi connectivity index (χ4v) is 3.63. The predicted octanol–water partition coefficient (Wildman–Crippen LogP) is 5.59. The fraction of sp³-hybridized carbons (Fsp3) is 0.167. The summed E-state index contributed by atoms with van der Waals surface area (Å²) in [6.45, 7) is 1.94. The normalized spacial score (nSPS) is 10.7. The van der Waals surface area contributed by atoms with E-state index in [-0.39, 0.29) is 11.8 Å². The van der Waals surface area contributed by atoms with Gasteiger partial charge in [0.25, 0.3) is 5.91 Å². The number of carbonyl (C=O) groups excluding carboxylic acids is 2. The van der Waals surface area contributed by atoms with Gasteiger partial charge in [0, 0.05) is 17.1 Å². The second-order valence-electron chi connectivity index (χ2n) is 5.58. The molecule has 0 saturated carbocycles. The lowest BCUT2D eigenvalue weighted by Crippen LogP contribution is -2.12. The molecule has 0 aliphatic heterocycles. The molecule has 0 bridgehead atoms. The average molecular weight is 408 g/mol. The van der Waals surface area contributed by atoms with Gasteiger partial charge < -0.3 is 10.6 Å². The Kier molecular flexibility index (Phi) is 5.76. The molecule has 3 aromatic rings. The fourth-order valence-electron chi connectivity index (χ4n) is 2.33. The number of nitrogens with zero attached hydrogens (tertiary/aromatic N) is 1. The Morgan fingerprint density at radius 3 is 2.69 bits per heavy atom. The maximum atomic E-state index is 12.4. The molecule has 0 aliphatic carbocycles. The summed E-state index contributed by atoms with van der Waals surface area (Å²) in [5.41, 5.74) is 1.66. The molecule has 0 unspecified atom stereocenters. The molecule has 1 aromatic heterocycles. The van der Waals surface area contributed by atoms with E-state index in [1.165, 1.54) is 17.4 Å². The monoisotopic (exact) mass is 407 g/mol. The Morgan fingerprint density at radius 2 is 1.92 bits per heavy atom. The SMILES string of the molecule is CCCC(=O)Nc1nc2ccc(NC(=O)c3cc(Cl)ccc3Cl)cc2s1. The number of thiazole rings is 1. The van der Waals surface area contributed by atoms with E-state index in [1.54, 1.807) is 30.3 Å². The molecular formula is C18H15Cl2N3O2S. The summed E-state index contributed by atoms with van der Waals surface area (Å²) in [4.78, 5) is 28.5. The number of anilines is 2. The molecule has 0 atom stereocenters. The summed E-state index contributed by atoms with van der Waals surface area (Å²) in [5, 5.41) is 6.88. The molecule has 5 nitrogen and oxygen atoms in total. The Hall–Kier alpha value is -2.15. The maximum absolute atomic E-state index is 12.4. The highest BCUT2D eigenvalue weighted by Crippen LogP contribution is 2.29. The van der Waals surface area contributed by atoms with Gasteiger partial charge in [-0.25, -0.2) is 4.98 Å². The quantitative estimate of drug-likeness (QED) is 0.578. The number of benzene rings is 2. The molecule has 2 N–H and O–H groups in total. The first-order chi connectivity index (χ1) is 12.5. The summed E-state index contributed by atoms with van der Waals surface area (Å²) in [6.07, 6.45) is 1.23. The number of halogens is 2. The highest BCUT2D eigenvalue weighted by atomic mass is 35.5. The molecule has 0 saturated heterocycles. The van der Waals surface area contributed by atoms with Crippen LogP contribution in [0.5, 0.6) is 0 Å². The molecule has 0 spiro atoms. The minimum absolute atomic E-state index is 0.0596. The molecule has 26 heavy (non-hydrogen) atoms. The van der Waals surface area contributed by atoms with Crippen molar-refractivity contribution < 1.29 is 9.59 Å². The zero-order chi connectivity index (χ0) is 18.7. The number of rotatable bonds is 5. The largest absolute Gasteiger partial charge is 0.322 e. The first kappa shape index (κ1) is 18.6. The van der Waals surface area contributed by atoms with Gasteiger partial charge in [0.2, 0.25) is 5.91 Å². The highest BCUT2D eigenvalue weighted by molar-refractivity contribution is 7.22. The van der Waals surface area contributed by atoms with Crippen molar-refractivity contribution in [3.05, 3.63) is 52.0 Å². The Balaban J connectivity index is 1.79. The number of hydrogen-bond donors (Lipinski definition) is 2. The molecular weight excluding hydrogens is 393 g/mol. The third-order valence-corrected chi connectivity index (χ3v) is 5.04. The summed E-state index contributed by atoms with van der Waals surface area (Å²) >= 11 is 13.3. The summed E-state index contributed by atoms with van der Waals surface area (Å²) in [5.74, 6) is -0.409. The molecule has 0 aliphatic rings. The van der Waals surface area contributed by atoms with Gasteiger partial charge in [-0.2, -0.15) is 0 Å². The lowest BCUT2D eigenvalue weighted by atomic mass is 10.2. The van der Waals surface area contributed by atoms with Crippen molar-refractivity contribution in [1.29, 1.82) is 0 Å². The van der Waals surface area contributed by atoms with E-state index in [0.29, 0.717) is 32.8 Å². The smallest absolute Gasteiger partial charge is 0.257 e. The Labute approximate surface area is 164 Å². The van der Waals surface area contributed by atoms with Gasteiger partial charge in [0.1, 0.15) is 0 Å². The average Bonchev–Trinajstić information content (AvgIpc) is 2.98. The van der Waals surface area contributed by atoms with Crippen LogP contribution < -0.4 is 10.6 Å². The van der Waals surface area contributed by atoms with Crippen molar-refractivity contribution in [3.8, 4) is 0 Å². The minimum atomic E-state index is -0.349. The standard InChI is InChI=1S/C18H15Cl2N3O2S/c1-2-3-16(24)23-18-22-14-7-5-11(9-15(14)26-18)21-17(25)12-8-10(19)4-6-13(12)20/h4-9H,2-3H2,1H3,(H,21,25)(H,22,23,24). The lowest BCUT2D eigenvalue weighted by Gasteiger charge is -2.07. The van der Waals surface area contributed by atoms with Crippen LogP contribution in [0.4, 0.5) is 10.8 Å². The van der Waals surface area contributed by atoms with Crippen molar-refractivity contribution in [2.75, 3.05) is 10.6 Å². The third kappa shape index (κ3) is 4.33. The van der Waals surface area contributed by atoms with Gasteiger partial charge in [-0.15, -0.1) is 0 Å². The highest BCUT2D eigenvalue weighted by Gasteiger charge is 2.13. The Bertz CT molecular complexity index is 988. The lowest BCUT2D eigenvalue weighted by molar-refractivity contribution is -0.116. The third-order valence-electron chi connectivity index (χ3n) is 3.54. The Morgan fingerprint density at radius 1 is 1.12 bits per heavy atom. The van der Waals surface area contributed by atoms with Gasteiger partial charge in [-0.3, -0.25) is 9.59 Å². The van der Waals surface area contributed by atoms with Gasteiger partial charge in [0.05, 0.1) is 20.8 Å². The number of aromatic nitrogens is 1. The van der Waals surface area contributed by atoms with Crippen LogP contribution in [0.1, 0.15) is 30.1 Å². The molecule has 0 radical (unpaired) electrons. The van der Waals surface area contributed by atoms with E-state index in [4.69, 9.17) is 23.2 Å². The number of hydrogen-bond acceptors (Lipinski definition) is 4. The molecule has 0 fully saturated rings. The predicted molar refractivity (Wildman–Crippen MR) is 108 cm³/mol. The molecule has 3 rings (SSSR count). The van der Waals surface area contributed by atoms with Crippen LogP contribution >= 0.6 is 34.5 Å². The zero-order valence-electron chi connectivity index (χ0n) is 13.8. The van der Waals surface area contributed by atoms with E-state index in [1.807, 2.05) is 6.92 Å². The van der Waals surface area contributed by atoms with Crippen molar-refractivity contribution in [1.82, 2.24) is 4.98 Å². The van der Waals surface area contributed by atoms with E-state index in [9.17, 15) is 9.59 Å². The molecule has 8 heteroatoms. The molecule has 1 heterocycles. The van der Waals surface area contributed by atoms with E-state index >= 15 is 0 Å². The topological polar surface area (TPSA) is 71.1 Å². The van der Waals surface area contributed by atoms with Crippen LogP contribution in [0.2, 0.25) is 10.0 Å². The zero-order valence-corrected chi connectivity index (χ0v) is 16.1. The number of amides is 2. The summed E-state index contributed by atoms with van der Waals surface area (Å²) in [6, 6.07) is 10.1. The second-order valence-corrected chi connectivity index (χ2v) is 7.45. The van der Waals surface area contributed by atoms with E-state index < -0.39 is 0 Å². The van der Waals surface area contributed by atoms with Gasteiger partial charge >= 0.3 is 0 Å². The maximum Gasteiger partial charge on any atom is 0.257 e.